The van der Waals surface area contributed by atoms with Gasteiger partial charge in [-0.1, -0.05) is 42.5 Å². The fourth-order valence-electron chi connectivity index (χ4n) is 4.80. The Morgan fingerprint density at radius 2 is 1.82 bits per heavy atom. The molecule has 0 unspecified atom stereocenters. The van der Waals surface area contributed by atoms with E-state index >= 15 is 0 Å². The zero-order valence-corrected chi connectivity index (χ0v) is 21.5. The zero-order chi connectivity index (χ0) is 26.6. The number of carbonyl (C=O) groups excluding carboxylic acids is 2. The molecule has 0 aliphatic carbocycles. The Bertz CT molecular complexity index is 1580. The molecule has 0 spiro atoms. The molecule has 0 radical (unpaired) electrons. The predicted molar refractivity (Wildman–Crippen MR) is 147 cm³/mol. The van der Waals surface area contributed by atoms with Gasteiger partial charge < -0.3 is 14.6 Å². The van der Waals surface area contributed by atoms with Gasteiger partial charge >= 0.3 is 0 Å². The highest BCUT2D eigenvalue weighted by Gasteiger charge is 2.30. The summed E-state index contributed by atoms with van der Waals surface area (Å²) in [6, 6.07) is 19.4. The summed E-state index contributed by atoms with van der Waals surface area (Å²) < 4.78 is 5.51. The van der Waals surface area contributed by atoms with Crippen molar-refractivity contribution >= 4 is 40.1 Å². The first-order valence-corrected chi connectivity index (χ1v) is 13.0. The third-order valence-electron chi connectivity index (χ3n) is 6.78. The highest BCUT2D eigenvalue weighted by Crippen LogP contribution is 2.35. The van der Waals surface area contributed by atoms with Crippen LogP contribution >= 0.6 is 11.9 Å². The first-order valence-electron chi connectivity index (χ1n) is 12.1. The maximum Gasteiger partial charge on any atom is 0.295 e. The van der Waals surface area contributed by atoms with E-state index in [0.29, 0.717) is 53.9 Å². The van der Waals surface area contributed by atoms with E-state index in [0.717, 1.165) is 33.5 Å². The molecule has 190 valence electrons. The number of hydrogen-bond donors (Lipinski definition) is 2. The molecule has 5 rings (SSSR count). The van der Waals surface area contributed by atoms with E-state index in [1.54, 1.807) is 17.3 Å². The summed E-state index contributed by atoms with van der Waals surface area (Å²) in [6.45, 7) is 0.742. The molecule has 0 bridgehead atoms. The number of ketones is 1. The second kappa shape index (κ2) is 10.9. The summed E-state index contributed by atoms with van der Waals surface area (Å²) in [5, 5.41) is 15.9. The lowest BCUT2D eigenvalue weighted by Gasteiger charge is -2.28. The smallest absolute Gasteiger partial charge is 0.295 e. The number of nitrogens with one attached hydrogen (secondary N) is 1. The average molecular weight is 524 g/mol. The summed E-state index contributed by atoms with van der Waals surface area (Å²) in [7, 11) is 1.50. The molecular weight excluding hydrogens is 498 g/mol. The van der Waals surface area contributed by atoms with Gasteiger partial charge in [0.05, 0.1) is 47.1 Å². The molecule has 1 saturated heterocycles. The van der Waals surface area contributed by atoms with Crippen molar-refractivity contribution in [1.29, 1.82) is 5.26 Å². The van der Waals surface area contributed by atoms with Crippen molar-refractivity contribution in [2.24, 2.45) is 5.14 Å². The molecule has 38 heavy (non-hydrogen) atoms. The Morgan fingerprint density at radius 1 is 1.11 bits per heavy atom. The number of Topliss-reactive ketones (excluding diaryl/α,β-unsaturated/α-hetero) is 1. The fraction of sp³-hybridized carbons (Fsp3) is 0.172. The molecular formula is C29H25N5O3S. The largest absolute Gasteiger partial charge is 0.494 e. The van der Waals surface area contributed by atoms with Gasteiger partial charge in [-0.3, -0.25) is 19.7 Å². The quantitative estimate of drug-likeness (QED) is 0.158. The number of hydrogen-bond acceptors (Lipinski definition) is 7. The molecule has 0 atom stereocenters. The number of likely N-dealkylation sites (tertiary alicyclic amines) is 1. The maximum absolute atomic E-state index is 13.4. The molecule has 1 aliphatic rings. The van der Waals surface area contributed by atoms with Crippen molar-refractivity contribution in [2.75, 3.05) is 20.2 Å². The Kier molecular flexibility index (Phi) is 7.26. The molecule has 1 amide bonds. The number of aromatic nitrogens is 2. The van der Waals surface area contributed by atoms with Gasteiger partial charge in [0.25, 0.3) is 11.7 Å². The van der Waals surface area contributed by atoms with E-state index in [-0.39, 0.29) is 5.56 Å². The van der Waals surface area contributed by atoms with E-state index in [1.807, 2.05) is 54.6 Å². The first-order chi connectivity index (χ1) is 18.5. The van der Waals surface area contributed by atoms with E-state index < -0.39 is 11.7 Å². The number of H-pyrrole nitrogens is 1. The topological polar surface area (TPSA) is 125 Å². The van der Waals surface area contributed by atoms with Gasteiger partial charge in [-0.25, -0.2) is 0 Å². The summed E-state index contributed by atoms with van der Waals surface area (Å²) in [5.41, 5.74) is 4.83. The molecule has 3 N–H and O–H groups in total. The molecule has 8 nitrogen and oxygen atoms in total. The monoisotopic (exact) mass is 523 g/mol. The van der Waals surface area contributed by atoms with Crippen LogP contribution in [0.25, 0.3) is 27.7 Å². The number of piperidine rings is 1. The maximum atomic E-state index is 13.4. The second-order valence-corrected chi connectivity index (χ2v) is 9.55. The van der Waals surface area contributed by atoms with Gasteiger partial charge in [0.2, 0.25) is 0 Å². The number of nitrogens with two attached hydrogens (primary N) is 1. The van der Waals surface area contributed by atoms with Crippen molar-refractivity contribution < 1.29 is 14.3 Å². The summed E-state index contributed by atoms with van der Waals surface area (Å²) in [6.07, 6.45) is 4.18. The molecule has 0 saturated carbocycles. The molecule has 3 heterocycles. The number of nitrogens with zero attached hydrogens (tertiary/aromatic N) is 3. The fourth-order valence-corrected chi connectivity index (χ4v) is 5.10. The third kappa shape index (κ3) is 4.67. The van der Waals surface area contributed by atoms with Crippen molar-refractivity contribution in [3.8, 4) is 23.1 Å². The number of ether oxygens (including phenoxy) is 1. The number of nitriles is 1. The van der Waals surface area contributed by atoms with Gasteiger partial charge in [0, 0.05) is 29.7 Å². The van der Waals surface area contributed by atoms with Crippen LogP contribution in [0.15, 0.2) is 77.5 Å². The Balaban J connectivity index is 1.41. The van der Waals surface area contributed by atoms with Gasteiger partial charge in [0.1, 0.15) is 5.75 Å². The number of allylic oxidation sites excluding steroid dienone is 1. The number of aromatic amines is 1. The molecule has 9 heteroatoms. The van der Waals surface area contributed by atoms with E-state index in [2.05, 4.69) is 16.0 Å². The van der Waals surface area contributed by atoms with Crippen LogP contribution in [-0.2, 0) is 4.79 Å². The summed E-state index contributed by atoms with van der Waals surface area (Å²) in [4.78, 5) is 36.9. The van der Waals surface area contributed by atoms with Crippen molar-refractivity contribution in [1.82, 2.24) is 14.9 Å². The van der Waals surface area contributed by atoms with Gasteiger partial charge in [-0.2, -0.15) is 5.26 Å². The summed E-state index contributed by atoms with van der Waals surface area (Å²) >= 11 is 1.16. The molecule has 1 fully saturated rings. The Labute approximate surface area is 224 Å². The van der Waals surface area contributed by atoms with Crippen molar-refractivity contribution in [3.05, 3.63) is 83.7 Å². The van der Waals surface area contributed by atoms with Gasteiger partial charge in [0.15, 0.2) is 0 Å². The molecule has 1 aliphatic heterocycles. The number of carbonyl (C=O) groups is 2. The van der Waals surface area contributed by atoms with Crippen LogP contribution in [0.2, 0.25) is 0 Å². The highest BCUT2D eigenvalue weighted by atomic mass is 32.2. The number of amides is 1. The molecule has 2 aromatic carbocycles. The lowest BCUT2D eigenvalue weighted by Crippen LogP contribution is -2.40. The third-order valence-corrected chi connectivity index (χ3v) is 7.32. The number of benzene rings is 2. The zero-order valence-electron chi connectivity index (χ0n) is 20.7. The average Bonchev–Trinajstić information content (AvgIpc) is 3.43. The standard InChI is InChI=1S/C29H25N5O3S/c1-37-24-17-33-26(20-7-9-21(38-31)10-8-20)27-25(24)23(16-32-27)28(35)29(36)34-13-11-19(12-14-34)22(15-30)18-5-3-2-4-6-18/h2-10,16-17,32H,11-14,31H2,1H3. The van der Waals surface area contributed by atoms with E-state index in [4.69, 9.17) is 9.88 Å². The minimum atomic E-state index is -0.613. The van der Waals surface area contributed by atoms with Crippen LogP contribution in [0.3, 0.4) is 0 Å². The van der Waals surface area contributed by atoms with Crippen LogP contribution in [0.4, 0.5) is 0 Å². The number of fused-ring (bicyclic) bond motifs is 1. The Morgan fingerprint density at radius 3 is 2.45 bits per heavy atom. The van der Waals surface area contributed by atoms with Crippen molar-refractivity contribution in [2.45, 2.75) is 17.7 Å². The van der Waals surface area contributed by atoms with Crippen LogP contribution < -0.4 is 9.88 Å². The lowest BCUT2D eigenvalue weighted by molar-refractivity contribution is -0.126. The first kappa shape index (κ1) is 25.3. The van der Waals surface area contributed by atoms with Crippen molar-refractivity contribution in [3.63, 3.8) is 0 Å². The summed E-state index contributed by atoms with van der Waals surface area (Å²) in [5.74, 6) is -0.786. The molecule has 4 aromatic rings. The normalized spacial score (nSPS) is 13.3. The second-order valence-electron chi connectivity index (χ2n) is 8.85. The minimum absolute atomic E-state index is 0.239. The van der Waals surface area contributed by atoms with E-state index in [1.165, 1.54) is 7.11 Å². The highest BCUT2D eigenvalue weighted by molar-refractivity contribution is 7.97. The van der Waals surface area contributed by atoms with Crippen LogP contribution in [-0.4, -0.2) is 46.8 Å². The molecule has 2 aromatic heterocycles. The Hall–Kier alpha value is -4.39. The van der Waals surface area contributed by atoms with Crippen LogP contribution in [0, 0.1) is 11.3 Å². The van der Waals surface area contributed by atoms with E-state index in [9.17, 15) is 14.9 Å². The number of methoxy groups -OCH3 is 1. The predicted octanol–water partition coefficient (Wildman–Crippen LogP) is 4.99. The van der Waals surface area contributed by atoms with Crippen LogP contribution in [0.5, 0.6) is 5.75 Å². The number of rotatable bonds is 6. The minimum Gasteiger partial charge on any atom is -0.494 e. The van der Waals surface area contributed by atoms with Gasteiger partial charge in [-0.15, -0.1) is 0 Å². The van der Waals surface area contributed by atoms with Gasteiger partial charge in [-0.05, 0) is 48.1 Å². The van der Waals surface area contributed by atoms with Crippen LogP contribution in [0.1, 0.15) is 28.8 Å². The SMILES string of the molecule is COc1cnc(-c2ccc(SN)cc2)c2[nH]cc(C(=O)C(=O)N3CCC(=C(C#N)c4ccccc4)CC3)c12. The number of pyridine rings is 1. The lowest BCUT2D eigenvalue weighted by atomic mass is 9.93.